The Morgan fingerprint density at radius 1 is 1.12 bits per heavy atom. The molecule has 1 fully saturated rings. The Kier molecular flexibility index (Phi) is 10.1. The molecule has 0 aromatic carbocycles. The zero-order valence-electron chi connectivity index (χ0n) is 12.0. The average Bonchev–Trinajstić information content (AvgIpc) is 2.32. The van der Waals surface area contributed by atoms with Crippen LogP contribution in [0, 0.1) is 0 Å². The number of nitrogens with one attached hydrogen (secondary N) is 1. The Labute approximate surface area is 108 Å². The lowest BCUT2D eigenvalue weighted by molar-refractivity contribution is 0.163. The Bertz CT molecular complexity index is 162. The zero-order valence-corrected chi connectivity index (χ0v) is 13.2. The topological polar surface area (TPSA) is 39.7 Å². The third-order valence-electron chi connectivity index (χ3n) is 3.37. The smallest absolute Gasteiger partial charge is 0.379 e. The van der Waals surface area contributed by atoms with Crippen LogP contribution >= 0.6 is 0 Å². The second kappa shape index (κ2) is 10.0. The van der Waals surface area contributed by atoms with E-state index in [-0.39, 0.29) is 0 Å². The molecule has 0 bridgehead atoms. The van der Waals surface area contributed by atoms with E-state index in [4.69, 9.17) is 13.3 Å². The third kappa shape index (κ3) is 6.52. The van der Waals surface area contributed by atoms with Gasteiger partial charge in [0.15, 0.2) is 0 Å². The van der Waals surface area contributed by atoms with Gasteiger partial charge in [-0.3, -0.25) is 0 Å². The van der Waals surface area contributed by atoms with Gasteiger partial charge in [0.25, 0.3) is 0 Å². The average molecular weight is 263 g/mol. The Hall–Kier alpha value is 0.0569. The summed E-state index contributed by atoms with van der Waals surface area (Å²) in [4.78, 5) is 0. The molecule has 0 spiro atoms. The van der Waals surface area contributed by atoms with Crippen LogP contribution in [-0.4, -0.2) is 42.9 Å². The van der Waals surface area contributed by atoms with Crippen LogP contribution in [0.15, 0.2) is 0 Å². The van der Waals surface area contributed by atoms with E-state index >= 15 is 0 Å². The van der Waals surface area contributed by atoms with Gasteiger partial charge in [-0.2, -0.15) is 0 Å². The molecule has 1 unspecified atom stereocenters. The van der Waals surface area contributed by atoms with E-state index in [1.54, 1.807) is 21.3 Å². The molecule has 0 saturated carbocycles. The zero-order chi connectivity index (χ0) is 13.1. The number of hydrogen-bond donors (Lipinski definition) is 1. The molecule has 1 aliphatic heterocycles. The largest absolute Gasteiger partial charge is 0.483 e. The van der Waals surface area contributed by atoms with Gasteiger partial charge in [-0.1, -0.05) is 26.7 Å². The summed E-state index contributed by atoms with van der Waals surface area (Å²) < 4.78 is 14.2. The summed E-state index contributed by atoms with van der Waals surface area (Å²) in [5, 5.41) is 3.54. The van der Waals surface area contributed by atoms with Crippen LogP contribution in [0.1, 0.15) is 46.0 Å². The standard InChI is InChI=1S/C9H19N.C3H10O3Si/c1-3-5-6-9(4-2)7-8-10-9;1-4-7(5-2)6-3/h10H,3-8H2,1-2H3;7H,1-3H3. The van der Waals surface area contributed by atoms with Crippen molar-refractivity contribution in [2.24, 2.45) is 0 Å². The van der Waals surface area contributed by atoms with Crippen molar-refractivity contribution in [3.8, 4) is 0 Å². The monoisotopic (exact) mass is 263 g/mol. The minimum Gasteiger partial charge on any atom is -0.379 e. The second-order valence-electron chi connectivity index (χ2n) is 4.41. The van der Waals surface area contributed by atoms with Gasteiger partial charge >= 0.3 is 9.53 Å². The summed E-state index contributed by atoms with van der Waals surface area (Å²) in [6, 6.07) is 0. The lowest BCUT2D eigenvalue weighted by Crippen LogP contribution is -2.56. The molecule has 0 aromatic rings. The van der Waals surface area contributed by atoms with Gasteiger partial charge in [0.2, 0.25) is 0 Å². The van der Waals surface area contributed by atoms with Gasteiger partial charge in [0.05, 0.1) is 0 Å². The quantitative estimate of drug-likeness (QED) is 0.713. The minimum atomic E-state index is -1.67. The van der Waals surface area contributed by atoms with E-state index in [1.807, 2.05) is 0 Å². The normalized spacial score (nSPS) is 22.9. The SMILES string of the molecule is CCCCC1(CC)CCN1.CO[SiH](OC)OC. The van der Waals surface area contributed by atoms with Crippen LogP contribution in [-0.2, 0) is 13.3 Å². The van der Waals surface area contributed by atoms with Crippen molar-refractivity contribution in [1.82, 2.24) is 5.32 Å². The highest BCUT2D eigenvalue weighted by Crippen LogP contribution is 2.28. The third-order valence-corrected chi connectivity index (χ3v) is 4.52. The van der Waals surface area contributed by atoms with Crippen molar-refractivity contribution in [3.63, 3.8) is 0 Å². The van der Waals surface area contributed by atoms with E-state index < -0.39 is 9.53 Å². The van der Waals surface area contributed by atoms with Gasteiger partial charge < -0.3 is 18.6 Å². The maximum Gasteiger partial charge on any atom is 0.483 e. The molecule has 1 saturated heterocycles. The van der Waals surface area contributed by atoms with E-state index in [9.17, 15) is 0 Å². The predicted octanol–water partition coefficient (Wildman–Crippen LogP) is 1.96. The molecule has 1 rings (SSSR count). The first-order valence-corrected chi connectivity index (χ1v) is 7.92. The van der Waals surface area contributed by atoms with Crippen molar-refractivity contribution in [2.45, 2.75) is 51.5 Å². The summed E-state index contributed by atoms with van der Waals surface area (Å²) in [6.07, 6.45) is 6.83. The lowest BCUT2D eigenvalue weighted by Gasteiger charge is -2.43. The van der Waals surface area contributed by atoms with Gasteiger partial charge in [-0.05, 0) is 25.8 Å². The molecule has 1 N–H and O–H groups in total. The van der Waals surface area contributed by atoms with Crippen molar-refractivity contribution < 1.29 is 13.3 Å². The molecule has 0 amide bonds. The molecule has 1 aliphatic rings. The van der Waals surface area contributed by atoms with Gasteiger partial charge in [-0.15, -0.1) is 0 Å². The van der Waals surface area contributed by atoms with Crippen molar-refractivity contribution in [2.75, 3.05) is 27.9 Å². The van der Waals surface area contributed by atoms with Gasteiger partial charge in [0.1, 0.15) is 0 Å². The maximum atomic E-state index is 4.74. The Morgan fingerprint density at radius 2 is 1.65 bits per heavy atom. The molecule has 1 heterocycles. The first-order valence-electron chi connectivity index (χ1n) is 6.51. The maximum absolute atomic E-state index is 4.74. The lowest BCUT2D eigenvalue weighted by atomic mass is 9.81. The Balaban J connectivity index is 0.000000325. The van der Waals surface area contributed by atoms with E-state index in [1.165, 1.54) is 38.6 Å². The van der Waals surface area contributed by atoms with Crippen LogP contribution in [0.4, 0.5) is 0 Å². The summed E-state index contributed by atoms with van der Waals surface area (Å²) in [6.45, 7) is 5.81. The van der Waals surface area contributed by atoms with Crippen LogP contribution in [0.3, 0.4) is 0 Å². The molecule has 0 radical (unpaired) electrons. The van der Waals surface area contributed by atoms with E-state index in [0.29, 0.717) is 5.54 Å². The molecular weight excluding hydrogens is 234 g/mol. The highest BCUT2D eigenvalue weighted by atomic mass is 28.3. The van der Waals surface area contributed by atoms with Crippen molar-refractivity contribution in [3.05, 3.63) is 0 Å². The van der Waals surface area contributed by atoms with Crippen LogP contribution in [0.2, 0.25) is 0 Å². The summed E-state index contributed by atoms with van der Waals surface area (Å²) in [5.74, 6) is 0. The number of hydrogen-bond acceptors (Lipinski definition) is 4. The van der Waals surface area contributed by atoms with Gasteiger partial charge in [0, 0.05) is 26.9 Å². The first kappa shape index (κ1) is 17.1. The molecule has 0 aliphatic carbocycles. The molecular formula is C12H29NO3Si. The van der Waals surface area contributed by atoms with Crippen LogP contribution < -0.4 is 5.32 Å². The number of unbranched alkanes of at least 4 members (excludes halogenated alkanes) is 1. The minimum absolute atomic E-state index is 0.565. The highest BCUT2D eigenvalue weighted by Gasteiger charge is 2.32. The first-order chi connectivity index (χ1) is 8.17. The summed E-state index contributed by atoms with van der Waals surface area (Å²) in [5.41, 5.74) is 0.565. The van der Waals surface area contributed by atoms with Crippen molar-refractivity contribution in [1.29, 1.82) is 0 Å². The molecule has 17 heavy (non-hydrogen) atoms. The van der Waals surface area contributed by atoms with E-state index in [0.717, 1.165) is 0 Å². The highest BCUT2D eigenvalue weighted by molar-refractivity contribution is 6.36. The molecule has 5 heteroatoms. The van der Waals surface area contributed by atoms with Crippen LogP contribution in [0.5, 0.6) is 0 Å². The van der Waals surface area contributed by atoms with Crippen molar-refractivity contribution >= 4 is 9.53 Å². The molecule has 104 valence electrons. The number of rotatable bonds is 7. The fourth-order valence-electron chi connectivity index (χ4n) is 1.97. The molecule has 0 aromatic heterocycles. The summed E-state index contributed by atoms with van der Waals surface area (Å²) in [7, 11) is 3.05. The van der Waals surface area contributed by atoms with Gasteiger partial charge in [-0.25, -0.2) is 0 Å². The fourth-order valence-corrected chi connectivity index (χ4v) is 2.55. The fraction of sp³-hybridized carbons (Fsp3) is 1.00. The Morgan fingerprint density at radius 3 is 1.82 bits per heavy atom. The molecule has 4 nitrogen and oxygen atoms in total. The summed E-state index contributed by atoms with van der Waals surface area (Å²) >= 11 is 0. The van der Waals surface area contributed by atoms with E-state index in [2.05, 4.69) is 19.2 Å². The van der Waals surface area contributed by atoms with Crippen LogP contribution in [0.25, 0.3) is 0 Å². The molecule has 1 atom stereocenters. The predicted molar refractivity (Wildman–Crippen MR) is 73.3 cm³/mol. The second-order valence-corrected chi connectivity index (χ2v) is 6.40.